The largest absolute Gasteiger partial charge is 0.310 e. The molecule has 0 spiro atoms. The Morgan fingerprint density at radius 3 is 0.984 bits per heavy atom. The molecule has 2 aliphatic rings. The number of hydrogen-bond donors (Lipinski definition) is 0. The van der Waals surface area contributed by atoms with Crippen LogP contribution >= 0.6 is 0 Å². The molecule has 0 bridgehead atoms. The van der Waals surface area contributed by atoms with E-state index < -0.39 is 40.1 Å². The predicted octanol–water partition coefficient (Wildman–Crippen LogP) is 30.7. The van der Waals surface area contributed by atoms with Crippen molar-refractivity contribution in [2.24, 2.45) is 0 Å². The van der Waals surface area contributed by atoms with E-state index in [4.69, 9.17) is 0 Å². The first-order valence-corrected chi connectivity index (χ1v) is 40.8. The number of fused-ring (bicyclic) bond motifs is 12. The summed E-state index contributed by atoms with van der Waals surface area (Å²) in [5, 5.41) is 4.75. The van der Waals surface area contributed by atoms with Crippen LogP contribution in [0.15, 0.2) is 413 Å². The molecule has 2 aliphatic carbocycles. The third kappa shape index (κ3) is 12.3. The molecule has 0 saturated carbocycles. The van der Waals surface area contributed by atoms with E-state index in [9.17, 15) is 26.3 Å². The average molecular weight is 1590 g/mol. The molecule has 0 fully saturated rings. The van der Waals surface area contributed by atoms with Crippen molar-refractivity contribution in [3.8, 4) is 78.1 Å². The molecule has 0 unspecified atom stereocenters. The van der Waals surface area contributed by atoms with Gasteiger partial charge in [-0.1, -0.05) is 281 Å². The van der Waals surface area contributed by atoms with Gasteiger partial charge >= 0.3 is 0 Å². The second-order valence-electron chi connectivity index (χ2n) is 31.8. The lowest BCUT2D eigenvalue weighted by Crippen LogP contribution is -2.28. The maximum Gasteiger partial charge on any atom is 0.200 e. The van der Waals surface area contributed by atoms with Crippen LogP contribution < -0.4 is 9.80 Å². The van der Waals surface area contributed by atoms with Crippen molar-refractivity contribution in [3.63, 3.8) is 0 Å². The monoisotopic (exact) mass is 1590 g/mol. The Hall–Kier alpha value is -15.3. The van der Waals surface area contributed by atoms with Gasteiger partial charge in [0.1, 0.15) is 5.82 Å². The van der Waals surface area contributed by atoms with Crippen LogP contribution in [0.5, 0.6) is 0 Å². The first kappa shape index (κ1) is 74.3. The summed E-state index contributed by atoms with van der Waals surface area (Å²) >= 11 is 0. The topological polar surface area (TPSA) is 16.3 Å². The van der Waals surface area contributed by atoms with Crippen LogP contribution in [-0.4, -0.2) is 9.13 Å². The van der Waals surface area contributed by atoms with Gasteiger partial charge in [0.2, 0.25) is 5.82 Å². The number of rotatable bonds is 14. The van der Waals surface area contributed by atoms with Crippen LogP contribution in [-0.2, 0) is 10.8 Å². The van der Waals surface area contributed by atoms with Crippen molar-refractivity contribution in [3.05, 3.63) is 481 Å². The SMILES string of the molecule is CC1(C)c2ccccc2-c2ccc(N(c3ccc(-c4ccc5c(c4)c4ccccc4n5-c4ccccc4)cc3)c3ccc(-c4c(F)c(F)c(F)c(F)c4F)cc3)cc21.Fc1ccc(-c2ccc(N(c3ccc(-c4ccc5c(c4)c4ccccc4n5-c4ccccc4)cc3)c3ccc4c(c3)C(c3ccccc3)(c3ccccc3)c3ccccc3-4)cc2)cc1. The predicted molar refractivity (Wildman–Crippen MR) is 487 cm³/mol. The maximum absolute atomic E-state index is 14.9. The minimum absolute atomic E-state index is 0.138. The van der Waals surface area contributed by atoms with Crippen LogP contribution in [0.1, 0.15) is 47.2 Å². The lowest BCUT2D eigenvalue weighted by atomic mass is 9.67. The molecule has 0 radical (unpaired) electrons. The van der Waals surface area contributed by atoms with Gasteiger partial charge < -0.3 is 18.9 Å². The van der Waals surface area contributed by atoms with Gasteiger partial charge in [0.05, 0.1) is 33.0 Å². The van der Waals surface area contributed by atoms with Gasteiger partial charge in [0.25, 0.3) is 0 Å². The zero-order chi connectivity index (χ0) is 82.5. The molecule has 2 heterocycles. The fourth-order valence-electron chi connectivity index (χ4n) is 19.0. The molecular formula is C112H74F6N4. The average Bonchev–Trinajstić information content (AvgIpc) is 1.52. The number of aromatic nitrogens is 2. The summed E-state index contributed by atoms with van der Waals surface area (Å²) in [7, 11) is 0. The molecular weight excluding hydrogens is 1520 g/mol. The van der Waals surface area contributed by atoms with Gasteiger partial charge in [-0.15, -0.1) is 0 Å². The van der Waals surface area contributed by atoms with E-state index >= 15 is 0 Å². The molecule has 0 saturated heterocycles. The normalized spacial score (nSPS) is 12.7. The van der Waals surface area contributed by atoms with E-state index in [1.54, 1.807) is 12.1 Å². The Balaban J connectivity index is 0.000000151. The highest BCUT2D eigenvalue weighted by Crippen LogP contribution is 2.58. The molecule has 22 rings (SSSR count). The summed E-state index contributed by atoms with van der Waals surface area (Å²) in [6, 6.07) is 142. The molecule has 2 aromatic heterocycles. The Labute approximate surface area is 702 Å². The summed E-state index contributed by atoms with van der Waals surface area (Å²) in [5.41, 5.74) is 28.9. The summed E-state index contributed by atoms with van der Waals surface area (Å²) in [5.74, 6) is -10.1. The third-order valence-corrected chi connectivity index (χ3v) is 24.7. The van der Waals surface area contributed by atoms with E-state index in [1.165, 1.54) is 90.6 Å². The third-order valence-electron chi connectivity index (χ3n) is 24.7. The number of hydrogen-bond acceptors (Lipinski definition) is 2. The zero-order valence-corrected chi connectivity index (χ0v) is 66.3. The van der Waals surface area contributed by atoms with Crippen molar-refractivity contribution >= 4 is 77.7 Å². The first-order chi connectivity index (χ1) is 59.8. The van der Waals surface area contributed by atoms with Crippen LogP contribution in [0.25, 0.3) is 122 Å². The van der Waals surface area contributed by atoms with Crippen molar-refractivity contribution in [2.45, 2.75) is 24.7 Å². The summed E-state index contributed by atoms with van der Waals surface area (Å²) in [6.07, 6.45) is 0. The van der Waals surface area contributed by atoms with Gasteiger partial charge in [-0.05, 0) is 240 Å². The Morgan fingerprint density at radius 1 is 0.221 bits per heavy atom. The maximum atomic E-state index is 14.9. The second kappa shape index (κ2) is 30.0. The lowest BCUT2D eigenvalue weighted by molar-refractivity contribution is 0.381. The summed E-state index contributed by atoms with van der Waals surface area (Å²) in [4.78, 5) is 4.39. The second-order valence-corrected chi connectivity index (χ2v) is 31.8. The highest BCUT2D eigenvalue weighted by Gasteiger charge is 2.47. The molecule has 0 aliphatic heterocycles. The number of nitrogens with zero attached hydrogens (tertiary/aromatic N) is 4. The summed E-state index contributed by atoms with van der Waals surface area (Å²) in [6.45, 7) is 4.40. The molecule has 4 nitrogen and oxygen atoms in total. The molecule has 18 aromatic carbocycles. The van der Waals surface area contributed by atoms with Crippen molar-refractivity contribution in [2.75, 3.05) is 9.80 Å². The number of para-hydroxylation sites is 4. The van der Waals surface area contributed by atoms with Crippen molar-refractivity contribution < 1.29 is 26.3 Å². The summed E-state index contributed by atoms with van der Waals surface area (Å²) < 4.78 is 90.6. The van der Waals surface area contributed by atoms with Gasteiger partial charge in [0.15, 0.2) is 23.3 Å². The molecule has 20 aromatic rings. The van der Waals surface area contributed by atoms with Gasteiger partial charge in [-0.25, -0.2) is 26.3 Å². The van der Waals surface area contributed by atoms with E-state index in [-0.39, 0.29) is 16.8 Å². The van der Waals surface area contributed by atoms with E-state index in [0.29, 0.717) is 5.69 Å². The highest BCUT2D eigenvalue weighted by molar-refractivity contribution is 6.12. The number of benzene rings is 18. The minimum atomic E-state index is -2.19. The fraction of sp³-hybridized carbons (Fsp3) is 0.0357. The standard InChI is InChI=1S/C61H41FN2.C51H33F5N2/c62-48-31-24-42(25-32-48)43-26-33-50(34-27-43)63(51-35-28-44(29-36-51)45-30-39-60-56(40-45)55-21-11-13-23-59(55)64(60)49-18-8-3-9-19-49)52-37-38-54-53-20-10-12-22-57(53)61(58(54)41-52,46-14-4-1-5-15-46)47-16-6-2-7-17-47;1-51(2)41-14-8-6-12-37(41)38-26-25-36(29-42(38)51)57(35-23-18-31(19-24-35)45-46(52)48(54)50(56)49(55)47(45)53)34-21-16-30(17-22-34)32-20-27-44-40(28-32)39-13-7-9-15-43(39)58(44)33-10-4-3-5-11-33/h1-41H;3-29H,1-2H3. The quantitative estimate of drug-likeness (QED) is 0.0613. The van der Waals surface area contributed by atoms with Crippen LogP contribution in [0.2, 0.25) is 0 Å². The van der Waals surface area contributed by atoms with Gasteiger partial charge in [0, 0.05) is 72.5 Å². The van der Waals surface area contributed by atoms with Gasteiger partial charge in [-0.3, -0.25) is 0 Å². The smallest absolute Gasteiger partial charge is 0.200 e. The molecule has 0 amide bonds. The van der Waals surface area contributed by atoms with E-state index in [1.807, 2.05) is 65.6 Å². The van der Waals surface area contributed by atoms with Crippen LogP contribution in [0.3, 0.4) is 0 Å². The van der Waals surface area contributed by atoms with Crippen molar-refractivity contribution in [1.82, 2.24) is 9.13 Å². The Kier molecular flexibility index (Phi) is 18.3. The zero-order valence-electron chi connectivity index (χ0n) is 66.3. The van der Waals surface area contributed by atoms with Crippen molar-refractivity contribution in [1.29, 1.82) is 0 Å². The highest BCUT2D eigenvalue weighted by atomic mass is 19.2. The van der Waals surface area contributed by atoms with Crippen LogP contribution in [0, 0.1) is 34.9 Å². The molecule has 584 valence electrons. The Bertz CT molecular complexity index is 7370. The molecule has 10 heteroatoms. The lowest BCUT2D eigenvalue weighted by Gasteiger charge is -2.35. The molecule has 0 N–H and O–H groups in total. The number of anilines is 6. The first-order valence-electron chi connectivity index (χ1n) is 40.8. The van der Waals surface area contributed by atoms with E-state index in [2.05, 4.69) is 343 Å². The minimum Gasteiger partial charge on any atom is -0.310 e. The fourth-order valence-corrected chi connectivity index (χ4v) is 19.0. The molecule has 0 atom stereocenters. The van der Waals surface area contributed by atoms with Crippen LogP contribution in [0.4, 0.5) is 60.5 Å². The number of halogens is 6. The Morgan fingerprint density at radius 2 is 0.533 bits per heavy atom. The van der Waals surface area contributed by atoms with E-state index in [0.717, 1.165) is 106 Å². The molecule has 122 heavy (non-hydrogen) atoms. The van der Waals surface area contributed by atoms with Gasteiger partial charge in [-0.2, -0.15) is 0 Å².